The maximum absolute atomic E-state index is 11.9. The lowest BCUT2D eigenvalue weighted by molar-refractivity contribution is -0.115. The molecule has 2 N–H and O–H groups in total. The third-order valence-electron chi connectivity index (χ3n) is 3.40. The van der Waals surface area contributed by atoms with Crippen LogP contribution in [0.4, 0.5) is 11.4 Å². The van der Waals surface area contributed by atoms with E-state index < -0.39 is 0 Å². The molecular formula is C18H22N2O2. The highest BCUT2D eigenvalue weighted by molar-refractivity contribution is 5.91. The molecule has 2 aromatic carbocycles. The van der Waals surface area contributed by atoms with Crippen LogP contribution in [-0.2, 0) is 4.79 Å². The molecule has 0 unspecified atom stereocenters. The van der Waals surface area contributed by atoms with Crippen molar-refractivity contribution in [1.29, 1.82) is 0 Å². The number of carbonyl (C=O) groups is 1. The molecule has 0 saturated carbocycles. The Bertz CT molecular complexity index is 653. The summed E-state index contributed by atoms with van der Waals surface area (Å²) in [4.78, 5) is 11.9. The van der Waals surface area contributed by atoms with Crippen LogP contribution in [0.15, 0.2) is 42.5 Å². The Morgan fingerprint density at radius 2 is 1.95 bits per heavy atom. The van der Waals surface area contributed by atoms with E-state index in [9.17, 15) is 4.79 Å². The zero-order chi connectivity index (χ0) is 15.9. The molecule has 0 saturated heterocycles. The van der Waals surface area contributed by atoms with E-state index in [2.05, 4.69) is 36.6 Å². The summed E-state index contributed by atoms with van der Waals surface area (Å²) in [6, 6.07) is 13.6. The van der Waals surface area contributed by atoms with Gasteiger partial charge in [-0.15, -0.1) is 0 Å². The van der Waals surface area contributed by atoms with Crippen molar-refractivity contribution in [2.75, 3.05) is 24.3 Å². The maximum atomic E-state index is 11.9. The molecule has 0 aliphatic heterocycles. The minimum atomic E-state index is -0.0227. The molecule has 0 spiro atoms. The Labute approximate surface area is 131 Å². The Morgan fingerprint density at radius 3 is 2.68 bits per heavy atom. The van der Waals surface area contributed by atoms with Gasteiger partial charge in [0, 0.05) is 30.4 Å². The predicted molar refractivity (Wildman–Crippen MR) is 90.6 cm³/mol. The lowest BCUT2D eigenvalue weighted by Crippen LogP contribution is -2.16. The number of anilines is 2. The fourth-order valence-electron chi connectivity index (χ4n) is 2.25. The van der Waals surface area contributed by atoms with Gasteiger partial charge in [0.2, 0.25) is 5.91 Å². The lowest BCUT2D eigenvalue weighted by Gasteiger charge is -2.11. The van der Waals surface area contributed by atoms with Gasteiger partial charge < -0.3 is 15.4 Å². The van der Waals surface area contributed by atoms with Crippen molar-refractivity contribution in [2.45, 2.75) is 20.3 Å². The third-order valence-corrected chi connectivity index (χ3v) is 3.40. The lowest BCUT2D eigenvalue weighted by atomic mass is 10.1. The largest absolute Gasteiger partial charge is 0.497 e. The molecule has 4 heteroatoms. The van der Waals surface area contributed by atoms with E-state index in [1.165, 1.54) is 11.1 Å². The highest BCUT2D eigenvalue weighted by atomic mass is 16.5. The first-order valence-electron chi connectivity index (χ1n) is 7.33. The van der Waals surface area contributed by atoms with E-state index in [0.717, 1.165) is 17.1 Å². The summed E-state index contributed by atoms with van der Waals surface area (Å²) in [5, 5.41) is 6.16. The first kappa shape index (κ1) is 15.9. The Kier molecular flexibility index (Phi) is 5.42. The van der Waals surface area contributed by atoms with Gasteiger partial charge in [0.15, 0.2) is 0 Å². The fourth-order valence-corrected chi connectivity index (χ4v) is 2.25. The summed E-state index contributed by atoms with van der Waals surface area (Å²) in [6.07, 6.45) is 0.407. The Hall–Kier alpha value is -2.49. The van der Waals surface area contributed by atoms with Crippen molar-refractivity contribution in [2.24, 2.45) is 0 Å². The minimum absolute atomic E-state index is 0.0227. The number of hydrogen-bond donors (Lipinski definition) is 2. The van der Waals surface area contributed by atoms with Gasteiger partial charge in [-0.1, -0.05) is 23.8 Å². The fraction of sp³-hybridized carbons (Fsp3) is 0.278. The van der Waals surface area contributed by atoms with Gasteiger partial charge in [0.05, 0.1) is 7.11 Å². The van der Waals surface area contributed by atoms with Crippen LogP contribution < -0.4 is 15.4 Å². The maximum Gasteiger partial charge on any atom is 0.226 e. The molecule has 0 heterocycles. The molecule has 2 aromatic rings. The van der Waals surface area contributed by atoms with E-state index in [1.807, 2.05) is 24.3 Å². The van der Waals surface area contributed by atoms with Gasteiger partial charge >= 0.3 is 0 Å². The van der Waals surface area contributed by atoms with Crippen molar-refractivity contribution in [3.63, 3.8) is 0 Å². The molecule has 0 radical (unpaired) electrons. The van der Waals surface area contributed by atoms with Gasteiger partial charge in [-0.05, 0) is 37.6 Å². The molecule has 0 fully saturated rings. The zero-order valence-corrected chi connectivity index (χ0v) is 13.3. The van der Waals surface area contributed by atoms with Gasteiger partial charge in [-0.3, -0.25) is 4.79 Å². The van der Waals surface area contributed by atoms with Crippen molar-refractivity contribution in [1.82, 2.24) is 0 Å². The topological polar surface area (TPSA) is 50.4 Å². The molecule has 22 heavy (non-hydrogen) atoms. The van der Waals surface area contributed by atoms with Crippen LogP contribution in [0.25, 0.3) is 0 Å². The number of hydrogen-bond acceptors (Lipinski definition) is 3. The van der Waals surface area contributed by atoms with Crippen molar-refractivity contribution >= 4 is 17.3 Å². The van der Waals surface area contributed by atoms with Gasteiger partial charge in [0.25, 0.3) is 0 Å². The highest BCUT2D eigenvalue weighted by Gasteiger charge is 2.04. The normalized spacial score (nSPS) is 10.1. The van der Waals surface area contributed by atoms with Crippen LogP contribution in [0.1, 0.15) is 17.5 Å². The molecule has 4 nitrogen and oxygen atoms in total. The van der Waals surface area contributed by atoms with E-state index in [4.69, 9.17) is 4.74 Å². The van der Waals surface area contributed by atoms with E-state index in [-0.39, 0.29) is 5.91 Å². The Morgan fingerprint density at radius 1 is 1.14 bits per heavy atom. The van der Waals surface area contributed by atoms with Crippen LogP contribution >= 0.6 is 0 Å². The van der Waals surface area contributed by atoms with Crippen molar-refractivity contribution in [3.05, 3.63) is 53.6 Å². The first-order chi connectivity index (χ1) is 10.6. The van der Waals surface area contributed by atoms with Gasteiger partial charge in [-0.25, -0.2) is 0 Å². The molecule has 0 aliphatic carbocycles. The second kappa shape index (κ2) is 7.50. The number of aryl methyl sites for hydroxylation is 2. The summed E-state index contributed by atoms with van der Waals surface area (Å²) in [5.41, 5.74) is 4.24. The number of methoxy groups -OCH3 is 1. The number of ether oxygens (including phenoxy) is 1. The molecular weight excluding hydrogens is 276 g/mol. The van der Waals surface area contributed by atoms with Gasteiger partial charge in [0.1, 0.15) is 5.75 Å². The van der Waals surface area contributed by atoms with Crippen LogP contribution in [-0.4, -0.2) is 19.6 Å². The second-order valence-corrected chi connectivity index (χ2v) is 5.28. The summed E-state index contributed by atoms with van der Waals surface area (Å²) >= 11 is 0. The molecule has 1 amide bonds. The first-order valence-corrected chi connectivity index (χ1v) is 7.33. The SMILES string of the molecule is COc1cccc(NC(=O)CCNc2ccc(C)cc2C)c1. The summed E-state index contributed by atoms with van der Waals surface area (Å²) < 4.78 is 5.13. The average molecular weight is 298 g/mol. The standard InChI is InChI=1S/C18H22N2O2/c1-13-7-8-17(14(2)11-13)19-10-9-18(21)20-15-5-4-6-16(12-15)22-3/h4-8,11-12,19H,9-10H2,1-3H3,(H,20,21). The number of rotatable bonds is 6. The molecule has 2 rings (SSSR count). The third kappa shape index (κ3) is 4.52. The predicted octanol–water partition coefficient (Wildman–Crippen LogP) is 3.75. The average Bonchev–Trinajstić information content (AvgIpc) is 2.49. The molecule has 0 bridgehead atoms. The molecule has 0 aliphatic rings. The minimum Gasteiger partial charge on any atom is -0.497 e. The molecule has 0 atom stereocenters. The van der Waals surface area contributed by atoms with Crippen LogP contribution in [0, 0.1) is 13.8 Å². The van der Waals surface area contributed by atoms with Crippen molar-refractivity contribution in [3.8, 4) is 5.75 Å². The second-order valence-electron chi connectivity index (χ2n) is 5.28. The quantitative estimate of drug-likeness (QED) is 0.854. The monoisotopic (exact) mass is 298 g/mol. The van der Waals surface area contributed by atoms with E-state index >= 15 is 0 Å². The summed E-state index contributed by atoms with van der Waals surface area (Å²) in [7, 11) is 1.61. The number of nitrogens with one attached hydrogen (secondary N) is 2. The van der Waals surface area contributed by atoms with Gasteiger partial charge in [-0.2, -0.15) is 0 Å². The molecule has 0 aromatic heterocycles. The summed E-state index contributed by atoms with van der Waals surface area (Å²) in [5.74, 6) is 0.705. The van der Waals surface area contributed by atoms with Crippen molar-refractivity contribution < 1.29 is 9.53 Å². The van der Waals surface area contributed by atoms with Crippen LogP contribution in [0.5, 0.6) is 5.75 Å². The molecule has 116 valence electrons. The summed E-state index contributed by atoms with van der Waals surface area (Å²) in [6.45, 7) is 4.73. The number of amides is 1. The van der Waals surface area contributed by atoms with Crippen LogP contribution in [0.2, 0.25) is 0 Å². The Balaban J connectivity index is 1.82. The van der Waals surface area contributed by atoms with Crippen LogP contribution in [0.3, 0.4) is 0 Å². The van der Waals surface area contributed by atoms with E-state index in [0.29, 0.717) is 13.0 Å². The zero-order valence-electron chi connectivity index (χ0n) is 13.3. The van der Waals surface area contributed by atoms with E-state index in [1.54, 1.807) is 13.2 Å². The number of benzene rings is 2. The number of carbonyl (C=O) groups excluding carboxylic acids is 1. The smallest absolute Gasteiger partial charge is 0.226 e. The highest BCUT2D eigenvalue weighted by Crippen LogP contribution is 2.17.